The Morgan fingerprint density at radius 1 is 0.900 bits per heavy atom. The molecule has 0 saturated heterocycles. The van der Waals surface area contributed by atoms with Gasteiger partial charge in [0.25, 0.3) is 11.9 Å². The van der Waals surface area contributed by atoms with Gasteiger partial charge in [-0.05, 0) is 77.4 Å². The van der Waals surface area contributed by atoms with Crippen molar-refractivity contribution >= 4 is 23.6 Å². The number of H-pyrrole nitrogens is 1. The molecule has 1 fully saturated rings. The highest BCUT2D eigenvalue weighted by molar-refractivity contribution is 6.03. The fraction of sp³-hybridized carbons (Fsp3) is 0.300. The summed E-state index contributed by atoms with van der Waals surface area (Å²) in [6, 6.07) is 21.8. The van der Waals surface area contributed by atoms with E-state index in [1.807, 2.05) is 12.1 Å². The third-order valence-corrected chi connectivity index (χ3v) is 7.33. The lowest BCUT2D eigenvalue weighted by Gasteiger charge is -2.24. The maximum absolute atomic E-state index is 13.1. The summed E-state index contributed by atoms with van der Waals surface area (Å²) in [7, 11) is 0. The Labute approximate surface area is 232 Å². The molecule has 3 amide bonds. The average molecular weight is 540 g/mol. The zero-order valence-electron chi connectivity index (χ0n) is 22.3. The van der Waals surface area contributed by atoms with Crippen LogP contribution in [-0.4, -0.2) is 37.7 Å². The topological polar surface area (TPSA) is 145 Å². The van der Waals surface area contributed by atoms with E-state index in [4.69, 9.17) is 0 Å². The maximum atomic E-state index is 13.1. The van der Waals surface area contributed by atoms with Crippen LogP contribution in [0.4, 0.5) is 16.4 Å². The van der Waals surface area contributed by atoms with Crippen LogP contribution in [0.15, 0.2) is 72.8 Å². The number of aliphatic hydroxyl groups is 1. The number of hydrogen-bond donors (Lipinski definition) is 5. The predicted octanol–water partition coefficient (Wildman–Crippen LogP) is 5.46. The van der Waals surface area contributed by atoms with Crippen LogP contribution in [0.5, 0.6) is 0 Å². The molecular weight excluding hydrogens is 506 g/mol. The summed E-state index contributed by atoms with van der Waals surface area (Å²) in [5.74, 6) is 0.295. The summed E-state index contributed by atoms with van der Waals surface area (Å²) >= 11 is 0. The number of hydrogen-bond acceptors (Lipinski definition) is 6. The Kier molecular flexibility index (Phi) is 8.46. The quantitative estimate of drug-likeness (QED) is 0.201. The van der Waals surface area contributed by atoms with Crippen LogP contribution < -0.4 is 16.0 Å². The standard InChI is InChI=1S/C30H33N7O3/c1-19(38)25-8-5-9-26(18-25)31-30(40)32-27(22-12-10-21(11-13-22)20-6-3-2-4-7-20)23-14-16-24(17-15-23)28(39)33-29-34-36-37-35-29/h5,8-20,27,38H,2-4,6-7H2,1H3,(H2,31,32,40)(H2,33,34,35,36,37,39). The number of carbonyl (C=O) groups is 2. The Hall–Kier alpha value is -4.57. The molecule has 1 aromatic heterocycles. The van der Waals surface area contributed by atoms with Crippen molar-refractivity contribution in [1.82, 2.24) is 25.9 Å². The van der Waals surface area contributed by atoms with Crippen LogP contribution in [0.25, 0.3) is 0 Å². The largest absolute Gasteiger partial charge is 0.389 e. The Balaban J connectivity index is 1.37. The molecule has 0 spiro atoms. The molecule has 5 N–H and O–H groups in total. The molecule has 5 rings (SSSR count). The van der Waals surface area contributed by atoms with E-state index < -0.39 is 12.1 Å². The van der Waals surface area contributed by atoms with Gasteiger partial charge in [0, 0.05) is 11.3 Å². The van der Waals surface area contributed by atoms with Gasteiger partial charge in [0.15, 0.2) is 0 Å². The number of carbonyl (C=O) groups excluding carboxylic acids is 2. The Morgan fingerprint density at radius 3 is 2.25 bits per heavy atom. The first-order chi connectivity index (χ1) is 19.5. The van der Waals surface area contributed by atoms with E-state index in [2.05, 4.69) is 60.8 Å². The number of aromatic amines is 1. The Morgan fingerprint density at radius 2 is 1.60 bits per heavy atom. The van der Waals surface area contributed by atoms with Crippen LogP contribution >= 0.6 is 0 Å². The summed E-state index contributed by atoms with van der Waals surface area (Å²) in [6.07, 6.45) is 5.61. The summed E-state index contributed by atoms with van der Waals surface area (Å²) in [4.78, 5) is 25.7. The number of amides is 3. The second-order valence-electron chi connectivity index (χ2n) is 10.1. The molecule has 2 unspecified atom stereocenters. The highest BCUT2D eigenvalue weighted by Gasteiger charge is 2.20. The molecule has 10 nitrogen and oxygen atoms in total. The van der Waals surface area contributed by atoms with Gasteiger partial charge in [-0.15, -0.1) is 5.10 Å². The van der Waals surface area contributed by atoms with Gasteiger partial charge in [-0.1, -0.05) is 72.9 Å². The summed E-state index contributed by atoms with van der Waals surface area (Å²) in [5.41, 5.74) is 4.78. The third-order valence-electron chi connectivity index (χ3n) is 7.33. The molecule has 0 aliphatic heterocycles. The highest BCUT2D eigenvalue weighted by Crippen LogP contribution is 2.33. The first kappa shape index (κ1) is 27.0. The van der Waals surface area contributed by atoms with Gasteiger partial charge in [0.05, 0.1) is 12.1 Å². The van der Waals surface area contributed by atoms with E-state index in [1.165, 1.54) is 37.7 Å². The number of urea groups is 1. The van der Waals surface area contributed by atoms with Crippen LogP contribution in [0.1, 0.15) is 89.7 Å². The molecule has 1 aliphatic rings. The van der Waals surface area contributed by atoms with Gasteiger partial charge < -0.3 is 15.7 Å². The molecule has 2 atom stereocenters. The van der Waals surface area contributed by atoms with Gasteiger partial charge in [-0.25, -0.2) is 4.79 Å². The average Bonchev–Trinajstić information content (AvgIpc) is 3.50. The Bertz CT molecular complexity index is 1410. The minimum Gasteiger partial charge on any atom is -0.389 e. The number of nitrogens with one attached hydrogen (secondary N) is 4. The molecule has 4 aromatic rings. The molecule has 10 heteroatoms. The van der Waals surface area contributed by atoms with Crippen molar-refractivity contribution in [2.24, 2.45) is 0 Å². The maximum Gasteiger partial charge on any atom is 0.319 e. The minimum atomic E-state index is -0.643. The molecule has 1 saturated carbocycles. The molecule has 206 valence electrons. The predicted molar refractivity (Wildman–Crippen MR) is 152 cm³/mol. The van der Waals surface area contributed by atoms with Crippen molar-refractivity contribution in [2.75, 3.05) is 10.6 Å². The SMILES string of the molecule is CC(O)c1cccc(NC(=O)NC(c2ccc(C(=O)Nc3nn[nH]n3)cc2)c2ccc(C3CCCCC3)cc2)c1. The molecule has 3 aromatic carbocycles. The number of aliphatic hydroxyl groups excluding tert-OH is 1. The monoisotopic (exact) mass is 539 g/mol. The normalized spacial score (nSPS) is 15.2. The second kappa shape index (κ2) is 12.5. The van der Waals surface area contributed by atoms with Gasteiger partial charge in [0.1, 0.15) is 0 Å². The number of nitrogens with zero attached hydrogens (tertiary/aromatic N) is 3. The molecule has 1 heterocycles. The molecule has 40 heavy (non-hydrogen) atoms. The van der Waals surface area contributed by atoms with Gasteiger partial charge >= 0.3 is 6.03 Å². The lowest BCUT2D eigenvalue weighted by Crippen LogP contribution is -2.33. The van der Waals surface area contributed by atoms with Gasteiger partial charge in [-0.2, -0.15) is 5.21 Å². The van der Waals surface area contributed by atoms with Crippen LogP contribution in [-0.2, 0) is 0 Å². The number of benzene rings is 3. The number of aromatic nitrogens is 4. The fourth-order valence-electron chi connectivity index (χ4n) is 5.15. The molecule has 0 bridgehead atoms. The van der Waals surface area contributed by atoms with Crippen LogP contribution in [0.3, 0.4) is 0 Å². The van der Waals surface area contributed by atoms with E-state index in [-0.39, 0.29) is 17.9 Å². The fourth-order valence-corrected chi connectivity index (χ4v) is 5.15. The van der Waals surface area contributed by atoms with Crippen LogP contribution in [0, 0.1) is 0 Å². The summed E-state index contributed by atoms with van der Waals surface area (Å²) < 4.78 is 0. The van der Waals surface area contributed by atoms with Crippen molar-refractivity contribution in [1.29, 1.82) is 0 Å². The molecular formula is C30H33N7O3. The summed E-state index contributed by atoms with van der Waals surface area (Å²) in [5, 5.41) is 31.7. The number of anilines is 2. The zero-order chi connectivity index (χ0) is 27.9. The van der Waals surface area contributed by atoms with Gasteiger partial charge in [-0.3, -0.25) is 10.1 Å². The van der Waals surface area contributed by atoms with E-state index in [9.17, 15) is 14.7 Å². The summed E-state index contributed by atoms with van der Waals surface area (Å²) in [6.45, 7) is 1.68. The molecule has 1 aliphatic carbocycles. The second-order valence-corrected chi connectivity index (χ2v) is 10.1. The van der Waals surface area contributed by atoms with Crippen molar-refractivity contribution in [3.05, 3.63) is 101 Å². The van der Waals surface area contributed by atoms with Crippen LogP contribution in [0.2, 0.25) is 0 Å². The molecule has 0 radical (unpaired) electrons. The van der Waals surface area contributed by atoms with Gasteiger partial charge in [0.2, 0.25) is 0 Å². The van der Waals surface area contributed by atoms with Crippen molar-refractivity contribution in [3.63, 3.8) is 0 Å². The minimum absolute atomic E-state index is 0.0861. The third kappa shape index (κ3) is 6.70. The lowest BCUT2D eigenvalue weighted by molar-refractivity contribution is 0.102. The van der Waals surface area contributed by atoms with E-state index in [1.54, 1.807) is 43.3 Å². The number of rotatable bonds is 8. The van der Waals surface area contributed by atoms with Crippen molar-refractivity contribution in [3.8, 4) is 0 Å². The zero-order valence-corrected chi connectivity index (χ0v) is 22.3. The van der Waals surface area contributed by atoms with Crippen molar-refractivity contribution < 1.29 is 14.7 Å². The number of tetrazole rings is 1. The first-order valence-electron chi connectivity index (χ1n) is 13.6. The van der Waals surface area contributed by atoms with E-state index >= 15 is 0 Å². The van der Waals surface area contributed by atoms with Crippen molar-refractivity contribution in [2.45, 2.75) is 57.1 Å². The van der Waals surface area contributed by atoms with E-state index in [0.29, 0.717) is 22.7 Å². The first-order valence-corrected chi connectivity index (χ1v) is 13.6. The highest BCUT2D eigenvalue weighted by atomic mass is 16.3. The van der Waals surface area contributed by atoms with E-state index in [0.717, 1.165) is 11.1 Å². The smallest absolute Gasteiger partial charge is 0.319 e. The lowest BCUT2D eigenvalue weighted by atomic mass is 9.83.